The molecular weight excluding hydrogens is 346 g/mol. The maximum atomic E-state index is 12.6. The quantitative estimate of drug-likeness (QED) is 0.771. The first-order valence-electron chi connectivity index (χ1n) is 8.93. The van der Waals surface area contributed by atoms with Gasteiger partial charge in [0.1, 0.15) is 5.69 Å². The standard InChI is InChI=1S/C19H23N5OS/c1-12-6-7-15-17(9-12)26-19(21-15)24-8-4-5-14(11-24)20-18(25)16-10-13(2)22-23(16)3/h6-7,9-10,14H,4-5,8,11H2,1-3H3,(H,20,25). The number of benzene rings is 1. The molecule has 26 heavy (non-hydrogen) atoms. The summed E-state index contributed by atoms with van der Waals surface area (Å²) in [5.41, 5.74) is 3.76. The fraction of sp³-hybridized carbons (Fsp3) is 0.421. The second-order valence-electron chi connectivity index (χ2n) is 7.02. The number of fused-ring (bicyclic) bond motifs is 1. The third-order valence-corrected chi connectivity index (χ3v) is 5.87. The lowest BCUT2D eigenvalue weighted by Crippen LogP contribution is -2.48. The van der Waals surface area contributed by atoms with E-state index in [2.05, 4.69) is 40.4 Å². The van der Waals surface area contributed by atoms with Crippen molar-refractivity contribution < 1.29 is 4.79 Å². The number of aromatic nitrogens is 3. The first kappa shape index (κ1) is 17.0. The Morgan fingerprint density at radius 1 is 1.31 bits per heavy atom. The highest BCUT2D eigenvalue weighted by Crippen LogP contribution is 2.31. The van der Waals surface area contributed by atoms with Crippen LogP contribution in [0.4, 0.5) is 5.13 Å². The van der Waals surface area contributed by atoms with E-state index in [1.54, 1.807) is 23.1 Å². The van der Waals surface area contributed by atoms with E-state index in [-0.39, 0.29) is 11.9 Å². The molecule has 136 valence electrons. The van der Waals surface area contributed by atoms with Crippen molar-refractivity contribution in [2.45, 2.75) is 32.7 Å². The SMILES string of the molecule is Cc1ccc2nc(N3CCCC(NC(=O)c4cc(C)nn4C)C3)sc2c1. The van der Waals surface area contributed by atoms with Crippen molar-refractivity contribution >= 4 is 32.6 Å². The average Bonchev–Trinajstić information content (AvgIpc) is 3.17. The largest absolute Gasteiger partial charge is 0.346 e. The van der Waals surface area contributed by atoms with Gasteiger partial charge in [0.2, 0.25) is 0 Å². The molecule has 1 saturated heterocycles. The van der Waals surface area contributed by atoms with Gasteiger partial charge >= 0.3 is 0 Å². The average molecular weight is 369 g/mol. The molecule has 3 heterocycles. The van der Waals surface area contributed by atoms with E-state index in [1.807, 2.05) is 13.0 Å². The summed E-state index contributed by atoms with van der Waals surface area (Å²) in [5, 5.41) is 8.47. The molecule has 1 N–H and O–H groups in total. The van der Waals surface area contributed by atoms with Crippen LogP contribution in [0.25, 0.3) is 10.2 Å². The van der Waals surface area contributed by atoms with E-state index in [9.17, 15) is 4.79 Å². The van der Waals surface area contributed by atoms with Crippen molar-refractivity contribution in [2.24, 2.45) is 7.05 Å². The van der Waals surface area contributed by atoms with Crippen LogP contribution in [0.2, 0.25) is 0 Å². The molecule has 1 fully saturated rings. The molecule has 1 amide bonds. The maximum absolute atomic E-state index is 12.6. The maximum Gasteiger partial charge on any atom is 0.269 e. The molecular formula is C19H23N5OS. The van der Waals surface area contributed by atoms with E-state index < -0.39 is 0 Å². The number of hydrogen-bond donors (Lipinski definition) is 1. The Kier molecular flexibility index (Phi) is 4.40. The van der Waals surface area contributed by atoms with Gasteiger partial charge in [-0.3, -0.25) is 9.48 Å². The smallest absolute Gasteiger partial charge is 0.269 e. The Labute approximate surface area is 156 Å². The highest BCUT2D eigenvalue weighted by atomic mass is 32.1. The number of hydrogen-bond acceptors (Lipinski definition) is 5. The molecule has 0 saturated carbocycles. The van der Waals surface area contributed by atoms with Crippen LogP contribution in [0.15, 0.2) is 24.3 Å². The summed E-state index contributed by atoms with van der Waals surface area (Å²) in [4.78, 5) is 19.6. The summed E-state index contributed by atoms with van der Waals surface area (Å²) < 4.78 is 2.86. The summed E-state index contributed by atoms with van der Waals surface area (Å²) in [6.07, 6.45) is 2.04. The number of rotatable bonds is 3. The second-order valence-corrected chi connectivity index (χ2v) is 8.03. The summed E-state index contributed by atoms with van der Waals surface area (Å²) in [5.74, 6) is -0.0557. The predicted octanol–water partition coefficient (Wildman–Crippen LogP) is 3.05. The minimum atomic E-state index is -0.0557. The first-order valence-corrected chi connectivity index (χ1v) is 9.75. The van der Waals surface area contributed by atoms with Crippen molar-refractivity contribution in [3.05, 3.63) is 41.2 Å². The third-order valence-electron chi connectivity index (χ3n) is 4.79. The van der Waals surface area contributed by atoms with Gasteiger partial charge in [0.05, 0.1) is 15.9 Å². The Morgan fingerprint density at radius 2 is 2.15 bits per heavy atom. The number of amides is 1. The lowest BCUT2D eigenvalue weighted by molar-refractivity contribution is 0.0923. The number of piperidine rings is 1. The molecule has 1 atom stereocenters. The molecule has 7 heteroatoms. The molecule has 1 aliphatic rings. The molecule has 0 bridgehead atoms. The van der Waals surface area contributed by atoms with Crippen LogP contribution in [0.1, 0.15) is 34.6 Å². The fourth-order valence-corrected chi connectivity index (χ4v) is 4.60. The van der Waals surface area contributed by atoms with Gasteiger partial charge in [-0.25, -0.2) is 4.98 Å². The summed E-state index contributed by atoms with van der Waals surface area (Å²) >= 11 is 1.73. The highest BCUT2D eigenvalue weighted by Gasteiger charge is 2.25. The minimum Gasteiger partial charge on any atom is -0.346 e. The van der Waals surface area contributed by atoms with Crippen molar-refractivity contribution in [3.63, 3.8) is 0 Å². The zero-order valence-electron chi connectivity index (χ0n) is 15.3. The Morgan fingerprint density at radius 3 is 2.92 bits per heavy atom. The molecule has 0 aliphatic carbocycles. The van der Waals surface area contributed by atoms with Gasteiger partial charge < -0.3 is 10.2 Å². The molecule has 2 aromatic heterocycles. The van der Waals surface area contributed by atoms with E-state index >= 15 is 0 Å². The minimum absolute atomic E-state index is 0.0557. The van der Waals surface area contributed by atoms with E-state index in [4.69, 9.17) is 4.98 Å². The summed E-state index contributed by atoms with van der Waals surface area (Å²) in [6, 6.07) is 8.32. The van der Waals surface area contributed by atoms with Gasteiger partial charge in [0, 0.05) is 26.2 Å². The van der Waals surface area contributed by atoms with Crippen LogP contribution < -0.4 is 10.2 Å². The van der Waals surface area contributed by atoms with Crippen LogP contribution in [-0.4, -0.2) is 39.8 Å². The van der Waals surface area contributed by atoms with Gasteiger partial charge in [-0.05, 0) is 50.5 Å². The van der Waals surface area contributed by atoms with Crippen LogP contribution >= 0.6 is 11.3 Å². The summed E-state index contributed by atoms with van der Waals surface area (Å²) in [7, 11) is 1.80. The number of thiazole rings is 1. The van der Waals surface area contributed by atoms with Crippen molar-refractivity contribution in [2.75, 3.05) is 18.0 Å². The number of nitrogens with one attached hydrogen (secondary N) is 1. The molecule has 3 aromatic rings. The predicted molar refractivity (Wildman–Crippen MR) is 105 cm³/mol. The zero-order chi connectivity index (χ0) is 18.3. The Bertz CT molecular complexity index is 960. The van der Waals surface area contributed by atoms with Crippen molar-refractivity contribution in [1.29, 1.82) is 0 Å². The van der Waals surface area contributed by atoms with Crippen LogP contribution in [0.3, 0.4) is 0 Å². The lowest BCUT2D eigenvalue weighted by Gasteiger charge is -2.32. The molecule has 1 unspecified atom stereocenters. The van der Waals surface area contributed by atoms with Crippen LogP contribution in [0, 0.1) is 13.8 Å². The molecule has 4 rings (SSSR count). The molecule has 1 aliphatic heterocycles. The molecule has 1 aromatic carbocycles. The molecule has 6 nitrogen and oxygen atoms in total. The Hall–Kier alpha value is -2.41. The lowest BCUT2D eigenvalue weighted by atomic mass is 10.1. The van der Waals surface area contributed by atoms with Gasteiger partial charge in [-0.1, -0.05) is 17.4 Å². The van der Waals surface area contributed by atoms with Gasteiger partial charge in [0.25, 0.3) is 5.91 Å². The zero-order valence-corrected chi connectivity index (χ0v) is 16.1. The second kappa shape index (κ2) is 6.72. The number of anilines is 1. The normalized spacial score (nSPS) is 17.7. The van der Waals surface area contributed by atoms with Gasteiger partial charge in [-0.15, -0.1) is 0 Å². The third kappa shape index (κ3) is 3.31. The van der Waals surface area contributed by atoms with Gasteiger partial charge in [0.15, 0.2) is 5.13 Å². The molecule has 0 spiro atoms. The first-order chi connectivity index (χ1) is 12.5. The molecule has 0 radical (unpaired) electrons. The van der Waals surface area contributed by atoms with E-state index in [1.165, 1.54) is 10.3 Å². The number of carbonyl (C=O) groups excluding carboxylic acids is 1. The van der Waals surface area contributed by atoms with Crippen molar-refractivity contribution in [3.8, 4) is 0 Å². The van der Waals surface area contributed by atoms with Gasteiger partial charge in [-0.2, -0.15) is 5.10 Å². The number of aryl methyl sites for hydroxylation is 3. The topological polar surface area (TPSA) is 63.1 Å². The van der Waals surface area contributed by atoms with Crippen molar-refractivity contribution in [1.82, 2.24) is 20.1 Å². The van der Waals surface area contributed by atoms with Crippen LogP contribution in [-0.2, 0) is 7.05 Å². The monoisotopic (exact) mass is 369 g/mol. The number of nitrogens with zero attached hydrogens (tertiary/aromatic N) is 4. The summed E-state index contributed by atoms with van der Waals surface area (Å²) in [6.45, 7) is 5.77. The Balaban J connectivity index is 1.48. The number of carbonyl (C=O) groups is 1. The highest BCUT2D eigenvalue weighted by molar-refractivity contribution is 7.22. The van der Waals surface area contributed by atoms with E-state index in [0.29, 0.717) is 5.69 Å². The fourth-order valence-electron chi connectivity index (χ4n) is 3.51. The van der Waals surface area contributed by atoms with E-state index in [0.717, 1.165) is 42.3 Å². The van der Waals surface area contributed by atoms with Crippen LogP contribution in [0.5, 0.6) is 0 Å².